The van der Waals surface area contributed by atoms with E-state index in [0.29, 0.717) is 28.1 Å². The lowest BCUT2D eigenvalue weighted by Gasteiger charge is -2.37. The molecule has 2 aliphatic rings. The molecular weight excluding hydrogens is 500 g/mol. The fourth-order valence-electron chi connectivity index (χ4n) is 4.90. The van der Waals surface area contributed by atoms with Gasteiger partial charge in [-0.25, -0.2) is 9.97 Å². The molecule has 0 bridgehead atoms. The molecule has 3 aromatic heterocycles. The van der Waals surface area contributed by atoms with E-state index < -0.39 is 5.41 Å². The standard InChI is InChI=1S/C28H26N6O3S/c1-16-5-10-19-22(28(2,3)26(36)32-27-33-29-15-38-27)20-11-12-21(31-24(20)37-23(19)30-16)17-6-8-18(9-7-17)25(35)34-13-4-14-34/h5-12,15,22H,4,13-14H2,1-3H3,(H,32,33,36)/t22-/m0/s1. The van der Waals surface area contributed by atoms with Gasteiger partial charge in [0.05, 0.1) is 11.1 Å². The molecule has 1 fully saturated rings. The summed E-state index contributed by atoms with van der Waals surface area (Å²) in [5.74, 6) is 0.361. The van der Waals surface area contributed by atoms with E-state index in [1.807, 2.05) is 74.2 Å². The van der Waals surface area contributed by atoms with Crippen molar-refractivity contribution in [1.82, 2.24) is 25.1 Å². The van der Waals surface area contributed by atoms with Crippen molar-refractivity contribution < 1.29 is 14.3 Å². The van der Waals surface area contributed by atoms with Gasteiger partial charge in [-0.05, 0) is 37.6 Å². The van der Waals surface area contributed by atoms with Gasteiger partial charge in [0, 0.05) is 47.0 Å². The summed E-state index contributed by atoms with van der Waals surface area (Å²) in [4.78, 5) is 37.3. The Balaban J connectivity index is 1.36. The summed E-state index contributed by atoms with van der Waals surface area (Å²) in [6, 6.07) is 15.2. The number of aryl methyl sites for hydroxylation is 1. The van der Waals surface area contributed by atoms with Crippen molar-refractivity contribution in [2.75, 3.05) is 18.4 Å². The van der Waals surface area contributed by atoms with E-state index in [0.717, 1.165) is 41.9 Å². The van der Waals surface area contributed by atoms with Gasteiger partial charge in [0.1, 0.15) is 5.51 Å². The molecule has 0 spiro atoms. The second kappa shape index (κ2) is 9.29. The summed E-state index contributed by atoms with van der Waals surface area (Å²) in [5.41, 5.74) is 5.35. The highest BCUT2D eigenvalue weighted by atomic mass is 32.1. The molecule has 5 heterocycles. The molecule has 9 nitrogen and oxygen atoms in total. The minimum atomic E-state index is -0.891. The fourth-order valence-corrected chi connectivity index (χ4v) is 5.34. The largest absolute Gasteiger partial charge is 0.420 e. The molecule has 0 aliphatic carbocycles. The van der Waals surface area contributed by atoms with Crippen molar-refractivity contribution in [1.29, 1.82) is 0 Å². The molecule has 2 amide bonds. The first-order chi connectivity index (χ1) is 18.3. The monoisotopic (exact) mass is 526 g/mol. The minimum absolute atomic E-state index is 0.0551. The van der Waals surface area contributed by atoms with Crippen LogP contribution < -0.4 is 10.1 Å². The number of anilines is 1. The van der Waals surface area contributed by atoms with Crippen LogP contribution in [0.15, 0.2) is 54.0 Å². The molecule has 1 atom stereocenters. The number of carbonyl (C=O) groups excluding carboxylic acids is 2. The van der Waals surface area contributed by atoms with Gasteiger partial charge >= 0.3 is 0 Å². The zero-order valence-electron chi connectivity index (χ0n) is 21.3. The second-order valence-electron chi connectivity index (χ2n) is 10.1. The van der Waals surface area contributed by atoms with Crippen LogP contribution in [0.2, 0.25) is 0 Å². The number of nitrogens with one attached hydrogen (secondary N) is 1. The Kier molecular flexibility index (Phi) is 5.91. The molecule has 192 valence electrons. The minimum Gasteiger partial charge on any atom is -0.420 e. The molecule has 6 rings (SSSR count). The summed E-state index contributed by atoms with van der Waals surface area (Å²) in [6.07, 6.45) is 1.06. The number of rotatable bonds is 5. The number of carbonyl (C=O) groups is 2. The maximum atomic E-state index is 13.5. The first-order valence-electron chi connectivity index (χ1n) is 12.4. The molecule has 0 unspecified atom stereocenters. The van der Waals surface area contributed by atoms with Gasteiger partial charge in [0.2, 0.25) is 22.8 Å². The molecule has 0 saturated carbocycles. The smallest absolute Gasteiger partial charge is 0.253 e. The Bertz CT molecular complexity index is 1530. The fraction of sp³-hybridized carbons (Fsp3) is 0.286. The van der Waals surface area contributed by atoms with Crippen molar-refractivity contribution in [2.45, 2.75) is 33.1 Å². The number of hydrogen-bond donors (Lipinski definition) is 1. The summed E-state index contributed by atoms with van der Waals surface area (Å²) >= 11 is 1.27. The third-order valence-electron chi connectivity index (χ3n) is 7.19. The van der Waals surface area contributed by atoms with Crippen LogP contribution in [0.1, 0.15) is 53.4 Å². The third kappa shape index (κ3) is 4.20. The van der Waals surface area contributed by atoms with E-state index in [1.165, 1.54) is 11.3 Å². The average Bonchev–Trinajstić information content (AvgIpc) is 3.39. The Morgan fingerprint density at radius 1 is 1.00 bits per heavy atom. The number of nitrogens with zero attached hydrogens (tertiary/aromatic N) is 5. The molecule has 38 heavy (non-hydrogen) atoms. The molecule has 1 saturated heterocycles. The summed E-state index contributed by atoms with van der Waals surface area (Å²) in [7, 11) is 0. The lowest BCUT2D eigenvalue weighted by Crippen LogP contribution is -2.41. The first kappa shape index (κ1) is 24.2. The van der Waals surface area contributed by atoms with Gasteiger partial charge in [0.25, 0.3) is 5.91 Å². The van der Waals surface area contributed by atoms with Crippen LogP contribution in [-0.4, -0.2) is 50.0 Å². The molecule has 1 aromatic carbocycles. The number of amides is 2. The highest BCUT2D eigenvalue weighted by Crippen LogP contribution is 2.51. The maximum absolute atomic E-state index is 13.5. The molecule has 1 N–H and O–H groups in total. The Labute approximate surface area is 223 Å². The van der Waals surface area contributed by atoms with E-state index in [-0.39, 0.29) is 17.7 Å². The molecule has 0 radical (unpaired) electrons. The van der Waals surface area contributed by atoms with Crippen LogP contribution >= 0.6 is 11.3 Å². The number of pyridine rings is 2. The van der Waals surface area contributed by atoms with Gasteiger partial charge in [-0.1, -0.05) is 49.4 Å². The van der Waals surface area contributed by atoms with Gasteiger partial charge in [-0.15, -0.1) is 10.2 Å². The summed E-state index contributed by atoms with van der Waals surface area (Å²) in [6.45, 7) is 7.32. The SMILES string of the molecule is Cc1ccc2c(n1)Oc1nc(-c3ccc(C(=O)N4CCC4)cc3)ccc1[C@H]2C(C)(C)C(=O)Nc1nncs1. The summed E-state index contributed by atoms with van der Waals surface area (Å²) < 4.78 is 6.21. The normalized spacial score (nSPS) is 16.1. The topological polar surface area (TPSA) is 110 Å². The molecule has 10 heteroatoms. The van der Waals surface area contributed by atoms with Crippen molar-refractivity contribution in [3.63, 3.8) is 0 Å². The van der Waals surface area contributed by atoms with Gasteiger partial charge in [0.15, 0.2) is 0 Å². The van der Waals surface area contributed by atoms with Crippen molar-refractivity contribution >= 4 is 28.3 Å². The van der Waals surface area contributed by atoms with E-state index in [1.54, 1.807) is 5.51 Å². The van der Waals surface area contributed by atoms with Crippen molar-refractivity contribution in [3.05, 3.63) is 76.4 Å². The zero-order valence-corrected chi connectivity index (χ0v) is 22.1. The van der Waals surface area contributed by atoms with Crippen LogP contribution in [0.3, 0.4) is 0 Å². The quantitative estimate of drug-likeness (QED) is 0.387. The van der Waals surface area contributed by atoms with Crippen LogP contribution in [0, 0.1) is 12.3 Å². The van der Waals surface area contributed by atoms with E-state index >= 15 is 0 Å². The number of likely N-dealkylation sites (tertiary alicyclic amines) is 1. The lowest BCUT2D eigenvalue weighted by atomic mass is 9.70. The van der Waals surface area contributed by atoms with Crippen LogP contribution in [0.5, 0.6) is 11.8 Å². The maximum Gasteiger partial charge on any atom is 0.253 e. The highest BCUT2D eigenvalue weighted by molar-refractivity contribution is 7.13. The van der Waals surface area contributed by atoms with E-state index in [9.17, 15) is 9.59 Å². The first-order valence-corrected chi connectivity index (χ1v) is 13.3. The van der Waals surface area contributed by atoms with Gasteiger partial charge in [-0.3, -0.25) is 9.59 Å². The van der Waals surface area contributed by atoms with Gasteiger partial charge < -0.3 is 15.0 Å². The third-order valence-corrected chi connectivity index (χ3v) is 7.80. The number of aromatic nitrogens is 4. The van der Waals surface area contributed by atoms with Crippen LogP contribution in [0.25, 0.3) is 11.3 Å². The van der Waals surface area contributed by atoms with Crippen LogP contribution in [0.4, 0.5) is 5.13 Å². The predicted octanol–water partition coefficient (Wildman–Crippen LogP) is 5.05. The molecule has 2 aliphatic heterocycles. The van der Waals surface area contributed by atoms with E-state index in [4.69, 9.17) is 9.72 Å². The van der Waals surface area contributed by atoms with Crippen LogP contribution in [-0.2, 0) is 4.79 Å². The number of fused-ring (bicyclic) bond motifs is 2. The second-order valence-corrected chi connectivity index (χ2v) is 10.9. The average molecular weight is 527 g/mol. The van der Waals surface area contributed by atoms with Gasteiger partial charge in [-0.2, -0.15) is 0 Å². The highest BCUT2D eigenvalue weighted by Gasteiger charge is 2.45. The number of ether oxygens (including phenoxy) is 1. The van der Waals surface area contributed by atoms with Crippen molar-refractivity contribution in [2.24, 2.45) is 5.41 Å². The Hall–Kier alpha value is -4.18. The number of hydrogen-bond acceptors (Lipinski definition) is 8. The lowest BCUT2D eigenvalue weighted by molar-refractivity contribution is -0.124. The number of benzene rings is 1. The summed E-state index contributed by atoms with van der Waals surface area (Å²) in [5, 5.41) is 11.1. The Morgan fingerprint density at radius 3 is 2.37 bits per heavy atom. The molecule has 4 aromatic rings. The van der Waals surface area contributed by atoms with Crippen molar-refractivity contribution in [3.8, 4) is 23.0 Å². The predicted molar refractivity (Wildman–Crippen MR) is 143 cm³/mol. The molecular formula is C28H26N6O3S. The Morgan fingerprint density at radius 2 is 1.71 bits per heavy atom. The zero-order chi connectivity index (χ0) is 26.4. The van der Waals surface area contributed by atoms with E-state index in [2.05, 4.69) is 20.5 Å².